The summed E-state index contributed by atoms with van der Waals surface area (Å²) in [5, 5.41) is 3.40. The summed E-state index contributed by atoms with van der Waals surface area (Å²) in [5.74, 6) is 0. The summed E-state index contributed by atoms with van der Waals surface area (Å²) in [6.45, 7) is 3.36. The second-order valence-corrected chi connectivity index (χ2v) is 7.78. The normalized spacial score (nSPS) is 15.4. The summed E-state index contributed by atoms with van der Waals surface area (Å²) in [6, 6.07) is 8.18. The average molecular weight is 311 g/mol. The van der Waals surface area contributed by atoms with E-state index in [0.29, 0.717) is 18.3 Å². The molecule has 0 atom stereocenters. The van der Waals surface area contributed by atoms with Crippen molar-refractivity contribution in [2.45, 2.75) is 32.2 Å². The van der Waals surface area contributed by atoms with E-state index >= 15 is 0 Å². The maximum Gasteiger partial charge on any atom is 0.303 e. The molecular formula is C15H25N3O2S. The van der Waals surface area contributed by atoms with Gasteiger partial charge in [0.15, 0.2) is 0 Å². The molecule has 0 saturated heterocycles. The van der Waals surface area contributed by atoms with Crippen molar-refractivity contribution in [1.29, 1.82) is 0 Å². The topological polar surface area (TPSA) is 52.7 Å². The molecule has 0 spiro atoms. The zero-order valence-electron chi connectivity index (χ0n) is 13.0. The molecule has 21 heavy (non-hydrogen) atoms. The van der Waals surface area contributed by atoms with E-state index in [1.54, 1.807) is 14.1 Å². The van der Waals surface area contributed by atoms with Crippen LogP contribution in [0.3, 0.4) is 0 Å². The van der Waals surface area contributed by atoms with Crippen molar-refractivity contribution in [2.24, 2.45) is 0 Å². The minimum Gasteiger partial charge on any atom is -0.314 e. The van der Waals surface area contributed by atoms with E-state index in [4.69, 9.17) is 0 Å². The summed E-state index contributed by atoms with van der Waals surface area (Å²) in [5.41, 5.74) is 1.74. The number of benzene rings is 1. The van der Waals surface area contributed by atoms with E-state index in [0.717, 1.165) is 18.5 Å². The van der Waals surface area contributed by atoms with E-state index < -0.39 is 10.2 Å². The number of rotatable bonds is 8. The van der Waals surface area contributed by atoms with E-state index in [9.17, 15) is 8.42 Å². The summed E-state index contributed by atoms with van der Waals surface area (Å²) >= 11 is 0. The lowest BCUT2D eigenvalue weighted by molar-refractivity contribution is 0.452. The Balaban J connectivity index is 1.91. The highest BCUT2D eigenvalue weighted by atomic mass is 32.2. The van der Waals surface area contributed by atoms with Gasteiger partial charge in [-0.05, 0) is 50.4 Å². The molecule has 0 unspecified atom stereocenters. The van der Waals surface area contributed by atoms with Gasteiger partial charge in [0.1, 0.15) is 0 Å². The second-order valence-electron chi connectivity index (χ2n) is 5.72. The summed E-state index contributed by atoms with van der Waals surface area (Å²) in [4.78, 5) is 0. The van der Waals surface area contributed by atoms with Gasteiger partial charge in [-0.2, -0.15) is 12.7 Å². The van der Waals surface area contributed by atoms with Crippen molar-refractivity contribution < 1.29 is 8.42 Å². The quantitative estimate of drug-likeness (QED) is 0.744. The second kappa shape index (κ2) is 6.77. The maximum absolute atomic E-state index is 12.5. The lowest BCUT2D eigenvalue weighted by Gasteiger charge is -2.26. The van der Waals surface area contributed by atoms with Crippen LogP contribution in [0.4, 0.5) is 5.69 Å². The molecule has 1 aromatic rings. The lowest BCUT2D eigenvalue weighted by atomic mass is 10.2. The molecule has 0 aromatic heterocycles. The fourth-order valence-corrected chi connectivity index (χ4v) is 3.33. The van der Waals surface area contributed by atoms with Crippen LogP contribution >= 0.6 is 0 Å². The fraction of sp³-hybridized carbons (Fsp3) is 0.600. The molecule has 0 amide bonds. The Labute approximate surface area is 128 Å². The van der Waals surface area contributed by atoms with Gasteiger partial charge in [0.25, 0.3) is 0 Å². The van der Waals surface area contributed by atoms with Crippen LogP contribution in [0, 0.1) is 6.92 Å². The van der Waals surface area contributed by atoms with Crippen LogP contribution in [-0.4, -0.2) is 45.9 Å². The monoisotopic (exact) mass is 311 g/mol. The number of anilines is 1. The molecule has 6 heteroatoms. The van der Waals surface area contributed by atoms with Gasteiger partial charge in [-0.1, -0.05) is 12.1 Å². The number of nitrogens with zero attached hydrogens (tertiary/aromatic N) is 2. The largest absolute Gasteiger partial charge is 0.314 e. The van der Waals surface area contributed by atoms with Crippen molar-refractivity contribution >= 4 is 15.9 Å². The standard InChI is InChI=1S/C15H25N3O2S/c1-13-6-4-7-15(12-13)18(3)21(19,20)17(2)11-5-10-16-14-8-9-14/h4,6-7,12,14,16H,5,8-11H2,1-3H3. The molecule has 1 saturated carbocycles. The van der Waals surface area contributed by atoms with Crippen LogP contribution in [0.2, 0.25) is 0 Å². The molecule has 1 fully saturated rings. The highest BCUT2D eigenvalue weighted by Gasteiger charge is 2.24. The third-order valence-corrected chi connectivity index (χ3v) is 5.64. The van der Waals surface area contributed by atoms with Crippen LogP contribution in [0.5, 0.6) is 0 Å². The first-order valence-electron chi connectivity index (χ1n) is 7.41. The summed E-state index contributed by atoms with van der Waals surface area (Å²) in [6.07, 6.45) is 3.34. The van der Waals surface area contributed by atoms with Gasteiger partial charge in [0.05, 0.1) is 5.69 Å². The van der Waals surface area contributed by atoms with Crippen molar-refractivity contribution in [3.05, 3.63) is 29.8 Å². The van der Waals surface area contributed by atoms with E-state index in [1.165, 1.54) is 21.5 Å². The first-order chi connectivity index (χ1) is 9.91. The Hall–Kier alpha value is -1.11. The first kappa shape index (κ1) is 16.3. The minimum atomic E-state index is -3.45. The Morgan fingerprint density at radius 3 is 2.62 bits per heavy atom. The highest BCUT2D eigenvalue weighted by molar-refractivity contribution is 7.90. The van der Waals surface area contributed by atoms with Gasteiger partial charge >= 0.3 is 10.2 Å². The third kappa shape index (κ3) is 4.43. The molecule has 118 valence electrons. The lowest BCUT2D eigenvalue weighted by Crippen LogP contribution is -2.40. The molecule has 2 rings (SSSR count). The number of hydrogen-bond acceptors (Lipinski definition) is 3. The Bertz CT molecular complexity index is 570. The molecule has 1 aliphatic carbocycles. The molecule has 5 nitrogen and oxygen atoms in total. The van der Waals surface area contributed by atoms with Crippen LogP contribution in [0.1, 0.15) is 24.8 Å². The zero-order chi connectivity index (χ0) is 15.5. The number of nitrogens with one attached hydrogen (secondary N) is 1. The molecule has 0 radical (unpaired) electrons. The van der Waals surface area contributed by atoms with Gasteiger partial charge in [-0.15, -0.1) is 0 Å². The molecule has 1 aromatic carbocycles. The number of hydrogen-bond donors (Lipinski definition) is 1. The maximum atomic E-state index is 12.5. The predicted octanol–water partition coefficient (Wildman–Crippen LogP) is 1.75. The molecule has 1 aliphatic rings. The average Bonchev–Trinajstić information content (AvgIpc) is 3.26. The molecule has 0 aliphatic heterocycles. The van der Waals surface area contributed by atoms with Crippen molar-refractivity contribution in [3.63, 3.8) is 0 Å². The molecule has 0 bridgehead atoms. The van der Waals surface area contributed by atoms with E-state index in [1.807, 2.05) is 31.2 Å². The highest BCUT2D eigenvalue weighted by Crippen LogP contribution is 2.20. The van der Waals surface area contributed by atoms with Gasteiger partial charge < -0.3 is 5.32 Å². The van der Waals surface area contributed by atoms with Crippen molar-refractivity contribution in [3.8, 4) is 0 Å². The number of aryl methyl sites for hydroxylation is 1. The molecular weight excluding hydrogens is 286 g/mol. The predicted molar refractivity (Wildman–Crippen MR) is 86.8 cm³/mol. The van der Waals surface area contributed by atoms with Crippen molar-refractivity contribution in [1.82, 2.24) is 9.62 Å². The van der Waals surface area contributed by atoms with E-state index in [-0.39, 0.29) is 0 Å². The Morgan fingerprint density at radius 1 is 1.29 bits per heavy atom. The van der Waals surface area contributed by atoms with Gasteiger partial charge in [0, 0.05) is 26.7 Å². The molecule has 1 N–H and O–H groups in total. The van der Waals surface area contributed by atoms with Gasteiger partial charge in [-0.3, -0.25) is 4.31 Å². The zero-order valence-corrected chi connectivity index (χ0v) is 13.9. The third-order valence-electron chi connectivity index (χ3n) is 3.77. The Kier molecular flexibility index (Phi) is 5.24. The van der Waals surface area contributed by atoms with Gasteiger partial charge in [-0.25, -0.2) is 0 Å². The summed E-state index contributed by atoms with van der Waals surface area (Å²) in [7, 11) is -0.217. The van der Waals surface area contributed by atoms with Gasteiger partial charge in [0.2, 0.25) is 0 Å². The fourth-order valence-electron chi connectivity index (χ4n) is 2.18. The van der Waals surface area contributed by atoms with E-state index in [2.05, 4.69) is 5.32 Å². The summed E-state index contributed by atoms with van der Waals surface area (Å²) < 4.78 is 27.8. The van der Waals surface area contributed by atoms with Crippen LogP contribution in [0.15, 0.2) is 24.3 Å². The first-order valence-corrected chi connectivity index (χ1v) is 8.81. The minimum absolute atomic E-state index is 0.526. The Morgan fingerprint density at radius 2 is 2.00 bits per heavy atom. The molecule has 0 heterocycles. The van der Waals surface area contributed by atoms with Crippen LogP contribution in [-0.2, 0) is 10.2 Å². The van der Waals surface area contributed by atoms with Crippen LogP contribution in [0.25, 0.3) is 0 Å². The van der Waals surface area contributed by atoms with Crippen LogP contribution < -0.4 is 9.62 Å². The SMILES string of the molecule is Cc1cccc(N(C)S(=O)(=O)N(C)CCCNC2CC2)c1. The van der Waals surface area contributed by atoms with Crippen molar-refractivity contribution in [2.75, 3.05) is 31.5 Å². The smallest absolute Gasteiger partial charge is 0.303 e.